The number of nitrogens with one attached hydrogen (secondary N) is 2. The zero-order valence-corrected chi connectivity index (χ0v) is 12.7. The molecule has 116 valence electrons. The average molecular weight is 315 g/mol. The first-order valence-corrected chi connectivity index (χ1v) is 8.17. The molecule has 1 aliphatic heterocycles. The van der Waals surface area contributed by atoms with E-state index in [0.29, 0.717) is 12.0 Å². The Balaban J connectivity index is 1.74. The van der Waals surface area contributed by atoms with Gasteiger partial charge in [-0.25, -0.2) is 8.78 Å². The molecule has 2 nitrogen and oxygen atoms in total. The zero-order valence-electron chi connectivity index (χ0n) is 12.0. The number of piperidine rings is 1. The van der Waals surface area contributed by atoms with E-state index in [-0.39, 0.29) is 16.8 Å². The number of hydrogen-bond donors (Lipinski definition) is 2. The molecular formula is C16H21ClF2N2. The van der Waals surface area contributed by atoms with Gasteiger partial charge < -0.3 is 10.6 Å². The molecule has 0 amide bonds. The SMILES string of the molecule is Fc1cc(F)c(NC2CCCC2C2CCCCN2)c(Cl)c1. The second-order valence-corrected chi connectivity index (χ2v) is 6.55. The van der Waals surface area contributed by atoms with Gasteiger partial charge in [0, 0.05) is 18.2 Å². The molecule has 3 atom stereocenters. The maximum atomic E-state index is 13.9. The van der Waals surface area contributed by atoms with Gasteiger partial charge in [0.05, 0.1) is 10.7 Å². The molecular weight excluding hydrogens is 294 g/mol. The van der Waals surface area contributed by atoms with Crippen LogP contribution in [0.3, 0.4) is 0 Å². The summed E-state index contributed by atoms with van der Waals surface area (Å²) in [6, 6.07) is 2.76. The largest absolute Gasteiger partial charge is 0.378 e. The quantitative estimate of drug-likeness (QED) is 0.867. The lowest BCUT2D eigenvalue weighted by molar-refractivity contribution is 0.286. The first-order valence-electron chi connectivity index (χ1n) is 7.79. The summed E-state index contributed by atoms with van der Waals surface area (Å²) in [5.41, 5.74) is 0.241. The maximum Gasteiger partial charge on any atom is 0.150 e. The molecule has 0 bridgehead atoms. The van der Waals surface area contributed by atoms with E-state index in [9.17, 15) is 8.78 Å². The summed E-state index contributed by atoms with van der Waals surface area (Å²) in [7, 11) is 0. The van der Waals surface area contributed by atoms with Crippen molar-refractivity contribution in [3.8, 4) is 0 Å². The molecule has 1 aromatic carbocycles. The molecule has 1 saturated carbocycles. The van der Waals surface area contributed by atoms with Gasteiger partial charge in [0.2, 0.25) is 0 Å². The fraction of sp³-hybridized carbons (Fsp3) is 0.625. The van der Waals surface area contributed by atoms with Gasteiger partial charge in [0.1, 0.15) is 5.82 Å². The van der Waals surface area contributed by atoms with Crippen LogP contribution in [-0.4, -0.2) is 18.6 Å². The molecule has 1 heterocycles. The van der Waals surface area contributed by atoms with Crippen LogP contribution in [0.5, 0.6) is 0 Å². The summed E-state index contributed by atoms with van der Waals surface area (Å²) in [5, 5.41) is 6.95. The molecule has 0 radical (unpaired) electrons. The Labute approximate surface area is 129 Å². The predicted octanol–water partition coefficient (Wildman–Crippen LogP) is 4.34. The monoisotopic (exact) mass is 314 g/mol. The summed E-state index contributed by atoms with van der Waals surface area (Å²) in [5.74, 6) is -0.756. The maximum absolute atomic E-state index is 13.9. The van der Waals surface area contributed by atoms with Crippen molar-refractivity contribution >= 4 is 17.3 Å². The Hall–Kier alpha value is -0.870. The first kappa shape index (κ1) is 15.0. The minimum absolute atomic E-state index is 0.120. The highest BCUT2D eigenvalue weighted by atomic mass is 35.5. The molecule has 3 rings (SSSR count). The highest BCUT2D eigenvalue weighted by Gasteiger charge is 2.34. The number of rotatable bonds is 3. The zero-order chi connectivity index (χ0) is 14.8. The van der Waals surface area contributed by atoms with Gasteiger partial charge in [-0.2, -0.15) is 0 Å². The Morgan fingerprint density at radius 1 is 1.10 bits per heavy atom. The smallest absolute Gasteiger partial charge is 0.150 e. The minimum Gasteiger partial charge on any atom is -0.378 e. The van der Waals surface area contributed by atoms with E-state index >= 15 is 0 Å². The van der Waals surface area contributed by atoms with Gasteiger partial charge >= 0.3 is 0 Å². The van der Waals surface area contributed by atoms with Crippen LogP contribution in [0.4, 0.5) is 14.5 Å². The van der Waals surface area contributed by atoms with E-state index in [4.69, 9.17) is 11.6 Å². The van der Waals surface area contributed by atoms with Crippen LogP contribution in [0, 0.1) is 17.6 Å². The van der Waals surface area contributed by atoms with E-state index in [1.54, 1.807) is 0 Å². The summed E-state index contributed by atoms with van der Waals surface area (Å²) >= 11 is 5.99. The van der Waals surface area contributed by atoms with Crippen LogP contribution in [-0.2, 0) is 0 Å². The number of benzene rings is 1. The number of hydrogen-bond acceptors (Lipinski definition) is 2. The molecule has 1 saturated heterocycles. The van der Waals surface area contributed by atoms with Crippen LogP contribution < -0.4 is 10.6 Å². The van der Waals surface area contributed by atoms with Gasteiger partial charge in [0.25, 0.3) is 0 Å². The molecule has 5 heteroatoms. The fourth-order valence-corrected chi connectivity index (χ4v) is 4.01. The van der Waals surface area contributed by atoms with E-state index in [1.165, 1.54) is 19.3 Å². The molecule has 2 aliphatic rings. The molecule has 0 spiro atoms. The van der Waals surface area contributed by atoms with Crippen molar-refractivity contribution in [1.29, 1.82) is 0 Å². The van der Waals surface area contributed by atoms with Crippen molar-refractivity contribution in [2.75, 3.05) is 11.9 Å². The van der Waals surface area contributed by atoms with Crippen LogP contribution in [0.15, 0.2) is 12.1 Å². The van der Waals surface area contributed by atoms with Gasteiger partial charge in [-0.05, 0) is 44.2 Å². The summed E-state index contributed by atoms with van der Waals surface area (Å²) < 4.78 is 27.1. The Kier molecular flexibility index (Phi) is 4.65. The highest BCUT2D eigenvalue weighted by Crippen LogP contribution is 2.36. The summed E-state index contributed by atoms with van der Waals surface area (Å²) in [6.45, 7) is 1.07. The standard InChI is InChI=1S/C16H21ClF2N2/c17-12-8-10(18)9-13(19)16(12)21-15-6-3-4-11(15)14-5-1-2-7-20-14/h8-9,11,14-15,20-21H,1-7H2. The van der Waals surface area contributed by atoms with Gasteiger partial charge in [-0.15, -0.1) is 0 Å². The molecule has 0 aromatic heterocycles. The van der Waals surface area contributed by atoms with E-state index in [2.05, 4.69) is 10.6 Å². The lowest BCUT2D eigenvalue weighted by atomic mass is 9.88. The molecule has 2 fully saturated rings. The van der Waals surface area contributed by atoms with Crippen LogP contribution >= 0.6 is 11.6 Å². The van der Waals surface area contributed by atoms with Crippen molar-refractivity contribution < 1.29 is 8.78 Å². The molecule has 1 aliphatic carbocycles. The fourth-order valence-electron chi connectivity index (χ4n) is 3.76. The number of anilines is 1. The lowest BCUT2D eigenvalue weighted by Gasteiger charge is -2.33. The van der Waals surface area contributed by atoms with E-state index < -0.39 is 11.6 Å². The number of halogens is 3. The third-order valence-corrected chi connectivity index (χ3v) is 5.07. The Bertz CT molecular complexity index is 480. The second-order valence-electron chi connectivity index (χ2n) is 6.15. The molecule has 1 aromatic rings. The normalized spacial score (nSPS) is 29.6. The third kappa shape index (κ3) is 3.32. The van der Waals surface area contributed by atoms with E-state index in [1.807, 2.05) is 0 Å². The molecule has 3 unspecified atom stereocenters. The Morgan fingerprint density at radius 3 is 2.67 bits per heavy atom. The average Bonchev–Trinajstić information content (AvgIpc) is 2.92. The Morgan fingerprint density at radius 2 is 1.95 bits per heavy atom. The lowest BCUT2D eigenvalue weighted by Crippen LogP contribution is -2.44. The predicted molar refractivity (Wildman–Crippen MR) is 81.8 cm³/mol. The summed E-state index contributed by atoms with van der Waals surface area (Å²) in [6.07, 6.45) is 6.97. The van der Waals surface area contributed by atoms with Crippen molar-refractivity contribution in [2.45, 2.75) is 50.6 Å². The van der Waals surface area contributed by atoms with E-state index in [0.717, 1.165) is 37.9 Å². The summed E-state index contributed by atoms with van der Waals surface area (Å²) in [4.78, 5) is 0. The third-order valence-electron chi connectivity index (χ3n) is 4.77. The van der Waals surface area contributed by atoms with Crippen LogP contribution in [0.2, 0.25) is 5.02 Å². The van der Waals surface area contributed by atoms with Crippen molar-refractivity contribution in [3.05, 3.63) is 28.8 Å². The van der Waals surface area contributed by atoms with Gasteiger partial charge in [-0.3, -0.25) is 0 Å². The van der Waals surface area contributed by atoms with Gasteiger partial charge in [0.15, 0.2) is 5.82 Å². The second kappa shape index (κ2) is 6.49. The first-order chi connectivity index (χ1) is 10.1. The molecule has 21 heavy (non-hydrogen) atoms. The van der Waals surface area contributed by atoms with Crippen LogP contribution in [0.1, 0.15) is 38.5 Å². The van der Waals surface area contributed by atoms with Crippen molar-refractivity contribution in [3.63, 3.8) is 0 Å². The molecule has 2 N–H and O–H groups in total. The minimum atomic E-state index is -0.639. The van der Waals surface area contributed by atoms with Crippen LogP contribution in [0.25, 0.3) is 0 Å². The van der Waals surface area contributed by atoms with Crippen molar-refractivity contribution in [1.82, 2.24) is 5.32 Å². The van der Waals surface area contributed by atoms with Gasteiger partial charge in [-0.1, -0.05) is 24.4 Å². The highest BCUT2D eigenvalue weighted by molar-refractivity contribution is 6.33. The topological polar surface area (TPSA) is 24.1 Å². The van der Waals surface area contributed by atoms with Crippen molar-refractivity contribution in [2.24, 2.45) is 5.92 Å².